The van der Waals surface area contributed by atoms with E-state index in [1.807, 2.05) is 0 Å². The van der Waals surface area contributed by atoms with Crippen molar-refractivity contribution in [2.45, 2.75) is 62.6 Å². The molecule has 0 atom stereocenters. The minimum absolute atomic E-state index is 0.155. The first-order valence-corrected chi connectivity index (χ1v) is 8.73. The molecule has 1 aromatic heterocycles. The van der Waals surface area contributed by atoms with E-state index in [0.29, 0.717) is 29.0 Å². The maximum Gasteiger partial charge on any atom is 0.246 e. The molecule has 0 aliphatic heterocycles. The molecule has 0 spiro atoms. The standard InChI is InChI=1S/C14H22N2O3S/c1-10-14(8-13(19-10)9-15-11-6-7-11)20(17,18)16(2)12-4-3-5-12/h8,11-12,15H,3-7,9H2,1-2H3. The van der Waals surface area contributed by atoms with Gasteiger partial charge in [-0.15, -0.1) is 0 Å². The molecule has 0 bridgehead atoms. The average Bonchev–Trinajstić information content (AvgIpc) is 3.07. The molecule has 0 aromatic carbocycles. The number of aryl methyl sites for hydroxylation is 1. The normalized spacial score (nSPS) is 20.4. The van der Waals surface area contributed by atoms with Crippen LogP contribution in [0, 0.1) is 6.92 Å². The maximum atomic E-state index is 12.6. The van der Waals surface area contributed by atoms with Gasteiger partial charge in [-0.1, -0.05) is 6.42 Å². The van der Waals surface area contributed by atoms with E-state index in [0.717, 1.165) is 19.3 Å². The van der Waals surface area contributed by atoms with Gasteiger partial charge in [0.2, 0.25) is 10.0 Å². The molecule has 0 unspecified atom stereocenters. The molecule has 1 N–H and O–H groups in total. The molecule has 1 aromatic rings. The lowest BCUT2D eigenvalue weighted by Gasteiger charge is -2.33. The highest BCUT2D eigenvalue weighted by molar-refractivity contribution is 7.89. The lowest BCUT2D eigenvalue weighted by molar-refractivity contribution is 0.249. The summed E-state index contributed by atoms with van der Waals surface area (Å²) in [4.78, 5) is 0.319. The molecule has 2 saturated carbocycles. The number of furan rings is 1. The number of nitrogens with zero attached hydrogens (tertiary/aromatic N) is 1. The third kappa shape index (κ3) is 2.64. The summed E-state index contributed by atoms with van der Waals surface area (Å²) in [6.07, 6.45) is 5.45. The zero-order valence-corrected chi connectivity index (χ0v) is 12.9. The lowest BCUT2D eigenvalue weighted by atomic mass is 9.94. The maximum absolute atomic E-state index is 12.6. The van der Waals surface area contributed by atoms with Gasteiger partial charge in [-0.25, -0.2) is 8.42 Å². The highest BCUT2D eigenvalue weighted by Crippen LogP contribution is 2.31. The van der Waals surface area contributed by atoms with Gasteiger partial charge >= 0.3 is 0 Å². The van der Waals surface area contributed by atoms with Crippen LogP contribution < -0.4 is 5.32 Å². The van der Waals surface area contributed by atoms with Gasteiger partial charge in [-0.3, -0.25) is 0 Å². The van der Waals surface area contributed by atoms with Crippen molar-refractivity contribution in [3.05, 3.63) is 17.6 Å². The van der Waals surface area contributed by atoms with E-state index in [1.165, 1.54) is 17.1 Å². The Morgan fingerprint density at radius 3 is 2.60 bits per heavy atom. The van der Waals surface area contributed by atoms with Gasteiger partial charge in [-0.05, 0) is 32.6 Å². The third-order valence-corrected chi connectivity index (χ3v) is 6.33. The van der Waals surface area contributed by atoms with Crippen molar-refractivity contribution in [3.8, 4) is 0 Å². The molecule has 2 fully saturated rings. The van der Waals surface area contributed by atoms with Crippen LogP contribution in [0.25, 0.3) is 0 Å². The smallest absolute Gasteiger partial charge is 0.246 e. The molecule has 112 valence electrons. The molecule has 0 saturated heterocycles. The molecule has 2 aliphatic rings. The third-order valence-electron chi connectivity index (χ3n) is 4.31. The second-order valence-electron chi connectivity index (χ2n) is 5.89. The van der Waals surface area contributed by atoms with Crippen LogP contribution in [0.1, 0.15) is 43.6 Å². The van der Waals surface area contributed by atoms with Crippen molar-refractivity contribution < 1.29 is 12.8 Å². The fraction of sp³-hybridized carbons (Fsp3) is 0.714. The second-order valence-corrected chi connectivity index (χ2v) is 7.86. The van der Waals surface area contributed by atoms with E-state index in [2.05, 4.69) is 5.32 Å². The van der Waals surface area contributed by atoms with Gasteiger partial charge in [0, 0.05) is 25.2 Å². The largest absolute Gasteiger partial charge is 0.464 e. The van der Waals surface area contributed by atoms with E-state index in [9.17, 15) is 8.42 Å². The summed E-state index contributed by atoms with van der Waals surface area (Å²) in [5.74, 6) is 1.19. The van der Waals surface area contributed by atoms with E-state index in [1.54, 1.807) is 20.0 Å². The highest BCUT2D eigenvalue weighted by Gasteiger charge is 2.34. The summed E-state index contributed by atoms with van der Waals surface area (Å²) in [7, 11) is -1.75. The number of hydrogen-bond donors (Lipinski definition) is 1. The predicted octanol–water partition coefficient (Wildman–Crippen LogP) is 2.01. The van der Waals surface area contributed by atoms with Crippen LogP contribution in [0.4, 0.5) is 0 Å². The summed E-state index contributed by atoms with van der Waals surface area (Å²) in [5, 5.41) is 3.34. The van der Waals surface area contributed by atoms with E-state index >= 15 is 0 Å². The fourth-order valence-corrected chi connectivity index (χ4v) is 4.10. The lowest BCUT2D eigenvalue weighted by Crippen LogP contribution is -2.41. The van der Waals surface area contributed by atoms with Crippen molar-refractivity contribution in [1.82, 2.24) is 9.62 Å². The van der Waals surface area contributed by atoms with Gasteiger partial charge in [-0.2, -0.15) is 4.31 Å². The topological polar surface area (TPSA) is 62.6 Å². The van der Waals surface area contributed by atoms with Crippen LogP contribution in [0.3, 0.4) is 0 Å². The monoisotopic (exact) mass is 298 g/mol. The molecular formula is C14H22N2O3S. The average molecular weight is 298 g/mol. The Balaban J connectivity index is 1.76. The number of rotatable bonds is 6. The van der Waals surface area contributed by atoms with Crippen molar-refractivity contribution in [1.29, 1.82) is 0 Å². The van der Waals surface area contributed by atoms with Gasteiger partial charge in [0.15, 0.2) is 0 Å². The summed E-state index contributed by atoms with van der Waals surface area (Å²) in [5.41, 5.74) is 0. The van der Waals surface area contributed by atoms with Gasteiger partial charge < -0.3 is 9.73 Å². The SMILES string of the molecule is Cc1oc(CNC2CC2)cc1S(=O)(=O)N(C)C1CCC1. The first kappa shape index (κ1) is 14.1. The van der Waals surface area contributed by atoms with Crippen molar-refractivity contribution in [2.75, 3.05) is 7.05 Å². The molecule has 0 radical (unpaired) electrons. The zero-order chi connectivity index (χ0) is 14.3. The van der Waals surface area contributed by atoms with Gasteiger partial charge in [0.25, 0.3) is 0 Å². The van der Waals surface area contributed by atoms with Crippen LogP contribution in [-0.4, -0.2) is 31.9 Å². The Kier molecular flexibility index (Phi) is 3.64. The summed E-state index contributed by atoms with van der Waals surface area (Å²) in [6.45, 7) is 2.33. The van der Waals surface area contributed by atoms with E-state index in [4.69, 9.17) is 4.42 Å². The number of hydrogen-bond acceptors (Lipinski definition) is 4. The summed E-state index contributed by atoms with van der Waals surface area (Å²) >= 11 is 0. The summed E-state index contributed by atoms with van der Waals surface area (Å²) < 4.78 is 32.3. The molecular weight excluding hydrogens is 276 g/mol. The zero-order valence-electron chi connectivity index (χ0n) is 12.1. The van der Waals surface area contributed by atoms with Crippen LogP contribution in [0.5, 0.6) is 0 Å². The van der Waals surface area contributed by atoms with Crippen molar-refractivity contribution >= 4 is 10.0 Å². The fourth-order valence-electron chi connectivity index (χ4n) is 2.50. The van der Waals surface area contributed by atoms with Crippen LogP contribution in [0.2, 0.25) is 0 Å². The molecule has 2 aliphatic carbocycles. The number of sulfonamides is 1. The Bertz CT molecular complexity index is 586. The Morgan fingerprint density at radius 2 is 2.05 bits per heavy atom. The van der Waals surface area contributed by atoms with Crippen LogP contribution in [0.15, 0.2) is 15.4 Å². The number of nitrogens with one attached hydrogen (secondary N) is 1. The minimum Gasteiger partial charge on any atom is -0.464 e. The molecule has 20 heavy (non-hydrogen) atoms. The van der Waals surface area contributed by atoms with Crippen LogP contribution >= 0.6 is 0 Å². The molecule has 5 nitrogen and oxygen atoms in total. The Labute approximate surface area is 120 Å². The minimum atomic E-state index is -3.42. The molecule has 3 rings (SSSR count). The Hall–Kier alpha value is -0.850. The predicted molar refractivity (Wildman–Crippen MR) is 75.9 cm³/mol. The molecule has 6 heteroatoms. The van der Waals surface area contributed by atoms with Crippen molar-refractivity contribution in [3.63, 3.8) is 0 Å². The second kappa shape index (κ2) is 5.16. The quantitative estimate of drug-likeness (QED) is 0.872. The van der Waals surface area contributed by atoms with Gasteiger partial charge in [0.05, 0.1) is 6.54 Å². The van der Waals surface area contributed by atoms with Crippen molar-refractivity contribution in [2.24, 2.45) is 0 Å². The van der Waals surface area contributed by atoms with Crippen LogP contribution in [-0.2, 0) is 16.6 Å². The first-order chi connectivity index (χ1) is 9.48. The van der Waals surface area contributed by atoms with E-state index in [-0.39, 0.29) is 6.04 Å². The van der Waals surface area contributed by atoms with Gasteiger partial charge in [0.1, 0.15) is 16.4 Å². The van der Waals surface area contributed by atoms with E-state index < -0.39 is 10.0 Å². The molecule has 0 amide bonds. The first-order valence-electron chi connectivity index (χ1n) is 7.29. The summed E-state index contributed by atoms with van der Waals surface area (Å²) in [6, 6.07) is 2.41. The molecule has 1 heterocycles. The Morgan fingerprint density at radius 1 is 1.35 bits per heavy atom. The highest BCUT2D eigenvalue weighted by atomic mass is 32.2.